The summed E-state index contributed by atoms with van der Waals surface area (Å²) in [6.45, 7) is 3.09. The number of hydrogen-bond acceptors (Lipinski definition) is 4. The van der Waals surface area contributed by atoms with Gasteiger partial charge in [-0.1, -0.05) is 16.8 Å². The Morgan fingerprint density at radius 1 is 1.43 bits per heavy atom. The van der Waals surface area contributed by atoms with Crippen LogP contribution in [0.15, 0.2) is 22.7 Å². The van der Waals surface area contributed by atoms with Gasteiger partial charge >= 0.3 is 0 Å². The first-order valence-corrected chi connectivity index (χ1v) is 7.81. The molecule has 1 aromatic heterocycles. The van der Waals surface area contributed by atoms with Crippen LogP contribution in [-0.2, 0) is 0 Å². The van der Waals surface area contributed by atoms with Crippen LogP contribution in [0.25, 0.3) is 0 Å². The maximum absolute atomic E-state index is 13.2. The van der Waals surface area contributed by atoms with Crippen molar-refractivity contribution in [3.05, 3.63) is 45.9 Å². The molecule has 3 rings (SSSR count). The lowest BCUT2D eigenvalue weighted by atomic mass is 9.91. The molecule has 0 radical (unpaired) electrons. The molecular weight excluding hydrogens is 321 g/mol. The molecule has 1 aliphatic heterocycles. The number of hydrogen-bond donors (Lipinski definition) is 1. The van der Waals surface area contributed by atoms with Crippen LogP contribution in [0.2, 0.25) is 5.02 Å². The van der Waals surface area contributed by atoms with E-state index in [1.807, 2.05) is 6.92 Å². The minimum atomic E-state index is -0.527. The Morgan fingerprint density at radius 3 is 2.70 bits per heavy atom. The van der Waals surface area contributed by atoms with Crippen molar-refractivity contribution in [2.24, 2.45) is 0 Å². The fourth-order valence-electron chi connectivity index (χ4n) is 2.91. The molecule has 7 heteroatoms. The third-order valence-electron chi connectivity index (χ3n) is 4.33. The van der Waals surface area contributed by atoms with Crippen molar-refractivity contribution in [2.75, 3.05) is 18.8 Å². The fraction of sp³-hybridized carbons (Fsp3) is 0.375. The number of nitrogens with two attached hydrogens (primary N) is 1. The predicted molar refractivity (Wildman–Crippen MR) is 84.9 cm³/mol. The average Bonchev–Trinajstić information content (AvgIpc) is 2.89. The lowest BCUT2D eigenvalue weighted by Gasteiger charge is -2.31. The third-order valence-corrected chi connectivity index (χ3v) is 4.62. The molecule has 0 aliphatic carbocycles. The van der Waals surface area contributed by atoms with E-state index < -0.39 is 5.82 Å². The van der Waals surface area contributed by atoms with Crippen molar-refractivity contribution < 1.29 is 13.7 Å². The highest BCUT2D eigenvalue weighted by Crippen LogP contribution is 2.32. The smallest absolute Gasteiger partial charge is 0.253 e. The van der Waals surface area contributed by atoms with Crippen molar-refractivity contribution in [1.82, 2.24) is 10.1 Å². The van der Waals surface area contributed by atoms with Crippen LogP contribution in [0.5, 0.6) is 0 Å². The van der Waals surface area contributed by atoms with Crippen molar-refractivity contribution in [3.8, 4) is 0 Å². The first kappa shape index (κ1) is 15.8. The summed E-state index contributed by atoms with van der Waals surface area (Å²) >= 11 is 5.74. The summed E-state index contributed by atoms with van der Waals surface area (Å²) in [6.07, 6.45) is 1.57. The van der Waals surface area contributed by atoms with Crippen molar-refractivity contribution in [1.29, 1.82) is 0 Å². The molecule has 1 fully saturated rings. The Kier molecular flexibility index (Phi) is 4.26. The number of likely N-dealkylation sites (tertiary alicyclic amines) is 1. The average molecular weight is 338 g/mol. The zero-order valence-electron chi connectivity index (χ0n) is 12.7. The number of benzene rings is 1. The molecule has 1 aliphatic rings. The highest BCUT2D eigenvalue weighted by molar-refractivity contribution is 6.31. The summed E-state index contributed by atoms with van der Waals surface area (Å²) in [5.41, 5.74) is 7.84. The minimum absolute atomic E-state index is 0.0422. The van der Waals surface area contributed by atoms with E-state index in [1.165, 1.54) is 18.2 Å². The molecule has 0 unspecified atom stereocenters. The molecule has 1 amide bonds. The highest BCUT2D eigenvalue weighted by atomic mass is 35.5. The Labute approximate surface area is 138 Å². The molecule has 0 atom stereocenters. The second-order valence-electron chi connectivity index (χ2n) is 5.75. The number of anilines is 1. The number of nitrogen functional groups attached to an aromatic ring is 1. The summed E-state index contributed by atoms with van der Waals surface area (Å²) in [6, 6.07) is 4.04. The van der Waals surface area contributed by atoms with Gasteiger partial charge in [-0.25, -0.2) is 4.39 Å². The van der Waals surface area contributed by atoms with Crippen LogP contribution in [0, 0.1) is 12.7 Å². The van der Waals surface area contributed by atoms with E-state index in [-0.39, 0.29) is 16.8 Å². The predicted octanol–water partition coefficient (Wildman–Crippen LogP) is 3.38. The molecule has 5 nitrogen and oxygen atoms in total. The normalized spacial score (nSPS) is 15.9. The number of carbonyl (C=O) groups is 1. The number of carbonyl (C=O) groups excluding carboxylic acids is 1. The van der Waals surface area contributed by atoms with Gasteiger partial charge in [-0.15, -0.1) is 0 Å². The van der Waals surface area contributed by atoms with Crippen LogP contribution >= 0.6 is 11.6 Å². The second-order valence-corrected chi connectivity index (χ2v) is 6.16. The lowest BCUT2D eigenvalue weighted by molar-refractivity contribution is 0.0711. The Hall–Kier alpha value is -2.08. The van der Waals surface area contributed by atoms with E-state index in [0.29, 0.717) is 24.5 Å². The van der Waals surface area contributed by atoms with Crippen LogP contribution in [0.4, 0.5) is 10.3 Å². The first-order valence-electron chi connectivity index (χ1n) is 7.43. The molecule has 2 heterocycles. The molecule has 1 aromatic carbocycles. The van der Waals surface area contributed by atoms with Gasteiger partial charge in [0.05, 0.1) is 10.7 Å². The molecule has 2 aromatic rings. The number of aromatic nitrogens is 1. The summed E-state index contributed by atoms with van der Waals surface area (Å²) < 4.78 is 18.2. The summed E-state index contributed by atoms with van der Waals surface area (Å²) in [7, 11) is 0. The standard InChI is InChI=1S/C16H17ClFN3O2/c1-9-14(20-23-15(9)19)10-4-6-21(7-5-10)16(22)11-2-3-13(18)12(17)8-11/h2-3,8,10H,4-7,19H2,1H3. The Bertz CT molecular complexity index is 739. The minimum Gasteiger partial charge on any atom is -0.367 e. The SMILES string of the molecule is Cc1c(C2CCN(C(=O)c3ccc(F)c(Cl)c3)CC2)noc1N. The maximum Gasteiger partial charge on any atom is 0.253 e. The van der Waals surface area contributed by atoms with E-state index in [1.54, 1.807) is 4.90 Å². The highest BCUT2D eigenvalue weighted by Gasteiger charge is 2.28. The Balaban J connectivity index is 1.67. The molecule has 0 saturated carbocycles. The van der Waals surface area contributed by atoms with E-state index in [4.69, 9.17) is 21.9 Å². The van der Waals surface area contributed by atoms with Gasteiger partial charge in [0.15, 0.2) is 0 Å². The quantitative estimate of drug-likeness (QED) is 0.911. The monoisotopic (exact) mass is 337 g/mol. The molecular formula is C16H17ClFN3O2. The summed E-state index contributed by atoms with van der Waals surface area (Å²) in [5, 5.41) is 3.98. The maximum atomic E-state index is 13.2. The number of amides is 1. The van der Waals surface area contributed by atoms with E-state index in [9.17, 15) is 9.18 Å². The lowest BCUT2D eigenvalue weighted by Crippen LogP contribution is -2.38. The van der Waals surface area contributed by atoms with Gasteiger partial charge in [-0.3, -0.25) is 4.79 Å². The number of nitrogens with zero attached hydrogens (tertiary/aromatic N) is 2. The first-order chi connectivity index (χ1) is 11.0. The van der Waals surface area contributed by atoms with Crippen LogP contribution < -0.4 is 5.73 Å². The molecule has 122 valence electrons. The zero-order valence-corrected chi connectivity index (χ0v) is 13.4. The van der Waals surface area contributed by atoms with E-state index >= 15 is 0 Å². The van der Waals surface area contributed by atoms with Gasteiger partial charge in [0.1, 0.15) is 5.82 Å². The fourth-order valence-corrected chi connectivity index (χ4v) is 3.09. The summed E-state index contributed by atoms with van der Waals surface area (Å²) in [5.74, 6) is -0.0841. The topological polar surface area (TPSA) is 72.4 Å². The van der Waals surface area contributed by atoms with E-state index in [0.717, 1.165) is 24.1 Å². The van der Waals surface area contributed by atoms with Crippen LogP contribution in [-0.4, -0.2) is 29.1 Å². The van der Waals surface area contributed by atoms with Crippen LogP contribution in [0.3, 0.4) is 0 Å². The zero-order chi connectivity index (χ0) is 16.6. The van der Waals surface area contributed by atoms with Gasteiger partial charge in [0.2, 0.25) is 5.88 Å². The van der Waals surface area contributed by atoms with E-state index in [2.05, 4.69) is 5.16 Å². The van der Waals surface area contributed by atoms with Gasteiger partial charge in [-0.2, -0.15) is 0 Å². The molecule has 2 N–H and O–H groups in total. The van der Waals surface area contributed by atoms with Gasteiger partial charge in [0, 0.05) is 30.1 Å². The molecule has 0 spiro atoms. The Morgan fingerprint density at radius 2 is 2.13 bits per heavy atom. The largest absolute Gasteiger partial charge is 0.367 e. The molecule has 23 heavy (non-hydrogen) atoms. The number of piperidine rings is 1. The number of rotatable bonds is 2. The van der Waals surface area contributed by atoms with Crippen molar-refractivity contribution >= 4 is 23.4 Å². The molecule has 1 saturated heterocycles. The van der Waals surface area contributed by atoms with Crippen LogP contribution in [0.1, 0.15) is 40.4 Å². The van der Waals surface area contributed by atoms with Gasteiger partial charge in [0.25, 0.3) is 5.91 Å². The van der Waals surface area contributed by atoms with Gasteiger partial charge in [-0.05, 0) is 38.0 Å². The van der Waals surface area contributed by atoms with Crippen molar-refractivity contribution in [2.45, 2.75) is 25.7 Å². The second kappa shape index (κ2) is 6.20. The van der Waals surface area contributed by atoms with Crippen molar-refractivity contribution in [3.63, 3.8) is 0 Å². The number of halogens is 2. The van der Waals surface area contributed by atoms with Gasteiger partial charge < -0.3 is 15.2 Å². The summed E-state index contributed by atoms with van der Waals surface area (Å²) in [4.78, 5) is 14.2. The molecule has 0 bridgehead atoms. The third kappa shape index (κ3) is 3.03.